The second kappa shape index (κ2) is 6.79. The monoisotopic (exact) mass is 267 g/mol. The highest BCUT2D eigenvalue weighted by Gasteiger charge is 2.10. The zero-order valence-corrected chi connectivity index (χ0v) is 12.3. The molecule has 18 heavy (non-hydrogen) atoms. The molecule has 1 aromatic carbocycles. The normalized spacial score (nSPS) is 14.1. The van der Waals surface area contributed by atoms with Crippen molar-refractivity contribution in [2.24, 2.45) is 0 Å². The zero-order valence-electron chi connectivity index (χ0n) is 11.6. The van der Waals surface area contributed by atoms with Crippen molar-refractivity contribution >= 4 is 17.5 Å². The van der Waals surface area contributed by atoms with Crippen LogP contribution in [0.1, 0.15) is 37.0 Å². The topological polar surface area (TPSA) is 29.1 Å². The van der Waals surface area contributed by atoms with E-state index in [0.717, 1.165) is 12.0 Å². The lowest BCUT2D eigenvalue weighted by atomic mass is 10.0. The van der Waals surface area contributed by atoms with Crippen molar-refractivity contribution in [1.29, 1.82) is 0 Å². The van der Waals surface area contributed by atoms with E-state index in [0.29, 0.717) is 6.42 Å². The smallest absolute Gasteiger partial charge is 0.224 e. The molecule has 0 fully saturated rings. The first kappa shape index (κ1) is 15.0. The number of halogens is 1. The molecule has 0 bridgehead atoms. The van der Waals surface area contributed by atoms with Crippen molar-refractivity contribution in [1.82, 2.24) is 5.32 Å². The number of benzene rings is 1. The van der Waals surface area contributed by atoms with Crippen molar-refractivity contribution in [3.8, 4) is 0 Å². The van der Waals surface area contributed by atoms with E-state index >= 15 is 0 Å². The van der Waals surface area contributed by atoms with Crippen LogP contribution in [0.2, 0.25) is 0 Å². The second-order valence-corrected chi connectivity index (χ2v) is 5.83. The Morgan fingerprint density at radius 2 is 1.94 bits per heavy atom. The molecule has 0 aliphatic heterocycles. The van der Waals surface area contributed by atoms with Crippen LogP contribution in [-0.2, 0) is 11.2 Å². The highest BCUT2D eigenvalue weighted by Crippen LogP contribution is 2.10. The van der Waals surface area contributed by atoms with Gasteiger partial charge < -0.3 is 5.32 Å². The predicted molar refractivity (Wildman–Crippen MR) is 77.2 cm³/mol. The van der Waals surface area contributed by atoms with E-state index in [4.69, 9.17) is 11.6 Å². The van der Waals surface area contributed by atoms with E-state index in [1.165, 1.54) is 11.1 Å². The number of carbonyl (C=O) groups is 1. The fourth-order valence-electron chi connectivity index (χ4n) is 1.97. The molecule has 1 rings (SSSR count). The largest absolute Gasteiger partial charge is 0.353 e. The summed E-state index contributed by atoms with van der Waals surface area (Å²) in [5.74, 6) is 0.0584. The van der Waals surface area contributed by atoms with E-state index in [-0.39, 0.29) is 17.3 Å². The number of alkyl halides is 1. The molecule has 2 nitrogen and oxygen atoms in total. The van der Waals surface area contributed by atoms with E-state index in [2.05, 4.69) is 31.3 Å². The molecule has 1 aromatic rings. The van der Waals surface area contributed by atoms with E-state index in [1.807, 2.05) is 19.9 Å². The fraction of sp³-hybridized carbons (Fsp3) is 0.533. The van der Waals surface area contributed by atoms with Gasteiger partial charge in [0, 0.05) is 11.4 Å². The van der Waals surface area contributed by atoms with Gasteiger partial charge in [-0.1, -0.05) is 18.2 Å². The van der Waals surface area contributed by atoms with Gasteiger partial charge in [0.25, 0.3) is 0 Å². The summed E-state index contributed by atoms with van der Waals surface area (Å²) in [6.07, 6.45) is 1.22. The van der Waals surface area contributed by atoms with Crippen LogP contribution in [0.5, 0.6) is 0 Å². The van der Waals surface area contributed by atoms with Crippen LogP contribution in [0.25, 0.3) is 0 Å². The lowest BCUT2D eigenvalue weighted by molar-refractivity contribution is -0.121. The maximum absolute atomic E-state index is 11.8. The number of nitrogens with one attached hydrogen (secondary N) is 1. The molecule has 1 amide bonds. The SMILES string of the molecule is Cc1ccc(CC(=O)NC(C)CC(C)Cl)cc1C. The summed E-state index contributed by atoms with van der Waals surface area (Å²) in [5.41, 5.74) is 3.54. The van der Waals surface area contributed by atoms with Crippen LogP contribution in [-0.4, -0.2) is 17.3 Å². The molecule has 1 N–H and O–H groups in total. The molecule has 3 heteroatoms. The molecule has 0 aliphatic carbocycles. The van der Waals surface area contributed by atoms with Gasteiger partial charge in [0.05, 0.1) is 6.42 Å². The Bertz CT molecular complexity index is 415. The molecule has 0 radical (unpaired) electrons. The van der Waals surface area contributed by atoms with E-state index in [1.54, 1.807) is 0 Å². The quantitative estimate of drug-likeness (QED) is 0.815. The number of amides is 1. The Kier molecular flexibility index (Phi) is 5.67. The van der Waals surface area contributed by atoms with Gasteiger partial charge >= 0.3 is 0 Å². The maximum Gasteiger partial charge on any atom is 0.224 e. The summed E-state index contributed by atoms with van der Waals surface area (Å²) in [5, 5.41) is 3.06. The molecule has 2 unspecified atom stereocenters. The van der Waals surface area contributed by atoms with Gasteiger partial charge in [0.15, 0.2) is 0 Å². The van der Waals surface area contributed by atoms with Crippen LogP contribution >= 0.6 is 11.6 Å². The predicted octanol–water partition coefficient (Wildman–Crippen LogP) is 3.37. The second-order valence-electron chi connectivity index (χ2n) is 5.08. The van der Waals surface area contributed by atoms with Crippen LogP contribution in [0.15, 0.2) is 18.2 Å². The van der Waals surface area contributed by atoms with Crippen molar-refractivity contribution in [3.63, 3.8) is 0 Å². The zero-order chi connectivity index (χ0) is 13.7. The lowest BCUT2D eigenvalue weighted by Gasteiger charge is -2.15. The third kappa shape index (κ3) is 5.09. The van der Waals surface area contributed by atoms with Gasteiger partial charge in [0.1, 0.15) is 0 Å². The summed E-state index contributed by atoms with van der Waals surface area (Å²) >= 11 is 5.90. The molecule has 0 aromatic heterocycles. The molecule has 2 atom stereocenters. The third-order valence-corrected chi connectivity index (χ3v) is 3.20. The highest BCUT2D eigenvalue weighted by atomic mass is 35.5. The number of hydrogen-bond donors (Lipinski definition) is 1. The minimum absolute atomic E-state index is 0.0584. The van der Waals surface area contributed by atoms with Crippen LogP contribution < -0.4 is 5.32 Å². The first-order valence-electron chi connectivity index (χ1n) is 6.38. The molecule has 100 valence electrons. The summed E-state index contributed by atoms with van der Waals surface area (Å²) in [6, 6.07) is 6.26. The van der Waals surface area contributed by atoms with Gasteiger partial charge in [-0.15, -0.1) is 11.6 Å². The van der Waals surface area contributed by atoms with E-state index in [9.17, 15) is 4.79 Å². The summed E-state index contributed by atoms with van der Waals surface area (Å²) in [7, 11) is 0. The van der Waals surface area contributed by atoms with Crippen LogP contribution in [0.3, 0.4) is 0 Å². The highest BCUT2D eigenvalue weighted by molar-refractivity contribution is 6.20. The number of rotatable bonds is 5. The van der Waals surface area contributed by atoms with Crippen molar-refractivity contribution in [2.45, 2.75) is 52.0 Å². The Labute approximate surface area is 115 Å². The van der Waals surface area contributed by atoms with Gasteiger partial charge in [-0.25, -0.2) is 0 Å². The van der Waals surface area contributed by atoms with Crippen molar-refractivity contribution in [3.05, 3.63) is 34.9 Å². The van der Waals surface area contributed by atoms with Crippen LogP contribution in [0.4, 0.5) is 0 Å². The molecular formula is C15H22ClNO. The molecule has 0 spiro atoms. The summed E-state index contributed by atoms with van der Waals surface area (Å²) in [4.78, 5) is 11.8. The third-order valence-electron chi connectivity index (χ3n) is 3.02. The number of aryl methyl sites for hydroxylation is 2. The van der Waals surface area contributed by atoms with Crippen LogP contribution in [0, 0.1) is 13.8 Å². The van der Waals surface area contributed by atoms with Gasteiger partial charge in [-0.2, -0.15) is 0 Å². The minimum Gasteiger partial charge on any atom is -0.353 e. The Morgan fingerprint density at radius 1 is 1.28 bits per heavy atom. The Morgan fingerprint density at radius 3 is 2.50 bits per heavy atom. The van der Waals surface area contributed by atoms with Crippen molar-refractivity contribution < 1.29 is 4.79 Å². The number of hydrogen-bond acceptors (Lipinski definition) is 1. The van der Waals surface area contributed by atoms with E-state index < -0.39 is 0 Å². The standard InChI is InChI=1S/C15H22ClNO/c1-10-5-6-14(7-11(10)2)9-15(18)17-13(4)8-12(3)16/h5-7,12-13H,8-9H2,1-4H3,(H,17,18). The fourth-order valence-corrected chi connectivity index (χ4v) is 2.24. The molecule has 0 saturated heterocycles. The molecule has 0 saturated carbocycles. The number of carbonyl (C=O) groups excluding carboxylic acids is 1. The Balaban J connectivity index is 2.51. The van der Waals surface area contributed by atoms with Gasteiger partial charge in [-0.05, 0) is 50.8 Å². The van der Waals surface area contributed by atoms with Gasteiger partial charge in [0.2, 0.25) is 5.91 Å². The molecule has 0 heterocycles. The first-order valence-corrected chi connectivity index (χ1v) is 6.81. The Hall–Kier alpha value is -1.02. The summed E-state index contributed by atoms with van der Waals surface area (Å²) < 4.78 is 0. The van der Waals surface area contributed by atoms with Gasteiger partial charge in [-0.3, -0.25) is 4.79 Å². The molecule has 0 aliphatic rings. The first-order chi connectivity index (χ1) is 8.38. The molecular weight excluding hydrogens is 246 g/mol. The summed E-state index contributed by atoms with van der Waals surface area (Å²) in [6.45, 7) is 8.06. The average molecular weight is 268 g/mol. The average Bonchev–Trinajstić information content (AvgIpc) is 2.21. The minimum atomic E-state index is 0.0584. The lowest BCUT2D eigenvalue weighted by Crippen LogP contribution is -2.34. The van der Waals surface area contributed by atoms with Crippen molar-refractivity contribution in [2.75, 3.05) is 0 Å². The maximum atomic E-state index is 11.8.